The van der Waals surface area contributed by atoms with Gasteiger partial charge in [0.2, 0.25) is 11.9 Å². The highest BCUT2D eigenvalue weighted by molar-refractivity contribution is 9.10. The summed E-state index contributed by atoms with van der Waals surface area (Å²) in [6, 6.07) is 7.73. The number of aromatic nitrogens is 4. The third-order valence-corrected chi connectivity index (χ3v) is 6.67. The van der Waals surface area contributed by atoms with Gasteiger partial charge in [-0.1, -0.05) is 26.0 Å². The van der Waals surface area contributed by atoms with Gasteiger partial charge in [0.15, 0.2) is 0 Å². The second-order valence-electron chi connectivity index (χ2n) is 7.97. The Balaban J connectivity index is 1.57. The number of nitrogens with one attached hydrogen (secondary N) is 1. The van der Waals surface area contributed by atoms with Crippen LogP contribution in [0, 0.1) is 0 Å². The second-order valence-corrected chi connectivity index (χ2v) is 8.76. The first-order valence-electron chi connectivity index (χ1n) is 10.9. The molecule has 7 nitrogen and oxygen atoms in total. The maximum atomic E-state index is 13.3. The Morgan fingerprint density at radius 2 is 2.00 bits per heavy atom. The molecule has 0 atom stereocenters. The van der Waals surface area contributed by atoms with Crippen molar-refractivity contribution >= 4 is 38.8 Å². The number of anilines is 1. The number of nitrogens with zero attached hydrogens (tertiary/aromatic N) is 5. The molecule has 2 heterocycles. The second kappa shape index (κ2) is 9.66. The molecule has 1 amide bonds. The van der Waals surface area contributed by atoms with Crippen molar-refractivity contribution in [2.75, 3.05) is 25.0 Å². The highest BCUT2D eigenvalue weighted by Crippen LogP contribution is 2.45. The van der Waals surface area contributed by atoms with E-state index in [4.69, 9.17) is 0 Å². The summed E-state index contributed by atoms with van der Waals surface area (Å²) in [6.45, 7) is 7.47. The summed E-state index contributed by atoms with van der Waals surface area (Å²) >= 11 is 3.27. The van der Waals surface area contributed by atoms with Gasteiger partial charge in [0.05, 0.1) is 21.2 Å². The van der Waals surface area contributed by atoms with E-state index in [1.165, 1.54) is 4.68 Å². The van der Waals surface area contributed by atoms with E-state index in [1.54, 1.807) is 0 Å². The predicted octanol–water partition coefficient (Wildman–Crippen LogP) is 4.79. The molecule has 1 aliphatic carbocycles. The van der Waals surface area contributed by atoms with E-state index in [0.29, 0.717) is 22.7 Å². The molecule has 10 heteroatoms. The molecule has 1 saturated carbocycles. The summed E-state index contributed by atoms with van der Waals surface area (Å²) < 4.78 is 30.4. The molecule has 0 unspecified atom stereocenters. The SMILES string of the molecule is CCN(CC)CCn1c(NC(=O)Cn2nc(C(F)F)c(Br)c2C2CC2)nc2ccccc21. The Labute approximate surface area is 193 Å². The molecule has 172 valence electrons. The summed E-state index contributed by atoms with van der Waals surface area (Å²) in [4.78, 5) is 19.8. The number of carbonyl (C=O) groups is 1. The summed E-state index contributed by atoms with van der Waals surface area (Å²) in [5, 5.41) is 6.91. The largest absolute Gasteiger partial charge is 0.309 e. The van der Waals surface area contributed by atoms with Crippen molar-refractivity contribution < 1.29 is 13.6 Å². The number of amides is 1. The molecule has 4 rings (SSSR count). The monoisotopic (exact) mass is 508 g/mol. The van der Waals surface area contributed by atoms with Gasteiger partial charge < -0.3 is 9.47 Å². The molecule has 0 bridgehead atoms. The number of likely N-dealkylation sites (N-methyl/N-ethyl adjacent to an activating group) is 1. The first-order valence-corrected chi connectivity index (χ1v) is 11.7. The number of fused-ring (bicyclic) bond motifs is 1. The summed E-state index contributed by atoms with van der Waals surface area (Å²) in [7, 11) is 0. The number of hydrogen-bond acceptors (Lipinski definition) is 4. The minimum absolute atomic E-state index is 0.142. The number of rotatable bonds is 10. The number of carbonyl (C=O) groups excluding carboxylic acids is 1. The Hall–Kier alpha value is -2.33. The van der Waals surface area contributed by atoms with Crippen molar-refractivity contribution in [2.24, 2.45) is 0 Å². The van der Waals surface area contributed by atoms with E-state index in [9.17, 15) is 13.6 Å². The first kappa shape index (κ1) is 22.8. The molecule has 1 N–H and O–H groups in total. The van der Waals surface area contributed by atoms with Gasteiger partial charge in [-0.2, -0.15) is 5.10 Å². The molecule has 3 aromatic rings. The molecule has 32 heavy (non-hydrogen) atoms. The maximum Gasteiger partial charge on any atom is 0.283 e. The Morgan fingerprint density at radius 3 is 2.66 bits per heavy atom. The van der Waals surface area contributed by atoms with Crippen LogP contribution < -0.4 is 5.32 Å². The lowest BCUT2D eigenvalue weighted by Crippen LogP contribution is -2.28. The van der Waals surface area contributed by atoms with Gasteiger partial charge in [-0.05, 0) is 54.0 Å². The fourth-order valence-electron chi connectivity index (χ4n) is 3.96. The highest BCUT2D eigenvalue weighted by Gasteiger charge is 2.34. The number of halogens is 3. The van der Waals surface area contributed by atoms with Gasteiger partial charge in [0, 0.05) is 19.0 Å². The van der Waals surface area contributed by atoms with E-state index in [0.717, 1.165) is 43.5 Å². The predicted molar refractivity (Wildman–Crippen MR) is 123 cm³/mol. The van der Waals surface area contributed by atoms with Gasteiger partial charge in [0.25, 0.3) is 6.43 Å². The van der Waals surface area contributed by atoms with Crippen molar-refractivity contribution in [3.63, 3.8) is 0 Å². The van der Waals surface area contributed by atoms with Crippen LogP contribution in [-0.4, -0.2) is 49.8 Å². The zero-order chi connectivity index (χ0) is 22.8. The van der Waals surface area contributed by atoms with Crippen molar-refractivity contribution in [2.45, 2.75) is 52.1 Å². The van der Waals surface area contributed by atoms with E-state index >= 15 is 0 Å². The molecule has 0 aliphatic heterocycles. The Bertz CT molecular complexity index is 1100. The minimum atomic E-state index is -2.70. The fraction of sp³-hybridized carbons (Fsp3) is 0.500. The van der Waals surface area contributed by atoms with Crippen molar-refractivity contribution in [3.05, 3.63) is 40.1 Å². The molecular weight excluding hydrogens is 482 g/mol. The molecule has 2 aromatic heterocycles. The molecule has 0 spiro atoms. The lowest BCUT2D eigenvalue weighted by molar-refractivity contribution is -0.117. The van der Waals surface area contributed by atoms with Crippen LogP contribution in [0.2, 0.25) is 0 Å². The van der Waals surface area contributed by atoms with Crippen LogP contribution >= 0.6 is 15.9 Å². The fourth-order valence-corrected chi connectivity index (χ4v) is 4.74. The number of alkyl halides is 2. The van der Waals surface area contributed by atoms with Crippen LogP contribution in [0.25, 0.3) is 11.0 Å². The quantitative estimate of drug-likeness (QED) is 0.427. The maximum absolute atomic E-state index is 13.3. The van der Waals surface area contributed by atoms with Crippen molar-refractivity contribution in [1.29, 1.82) is 0 Å². The van der Waals surface area contributed by atoms with E-state index in [2.05, 4.69) is 50.1 Å². The zero-order valence-electron chi connectivity index (χ0n) is 18.2. The normalized spacial score (nSPS) is 14.1. The summed E-state index contributed by atoms with van der Waals surface area (Å²) in [6.07, 6.45) is -0.874. The van der Waals surface area contributed by atoms with Gasteiger partial charge >= 0.3 is 0 Å². The lowest BCUT2D eigenvalue weighted by atomic mass is 10.2. The molecule has 0 saturated heterocycles. The van der Waals surface area contributed by atoms with Crippen LogP contribution in [0.1, 0.15) is 50.4 Å². The van der Waals surface area contributed by atoms with Gasteiger partial charge in [0.1, 0.15) is 12.2 Å². The Kier molecular flexibility index (Phi) is 6.90. The highest BCUT2D eigenvalue weighted by atomic mass is 79.9. The van der Waals surface area contributed by atoms with E-state index in [-0.39, 0.29) is 24.1 Å². The number of hydrogen-bond donors (Lipinski definition) is 1. The number of imidazole rings is 1. The molecule has 1 fully saturated rings. The smallest absolute Gasteiger partial charge is 0.283 e. The van der Waals surface area contributed by atoms with Crippen LogP contribution in [-0.2, 0) is 17.9 Å². The van der Waals surface area contributed by atoms with Gasteiger partial charge in [-0.15, -0.1) is 0 Å². The van der Waals surface area contributed by atoms with E-state index in [1.807, 2.05) is 28.8 Å². The van der Waals surface area contributed by atoms with Gasteiger partial charge in [-0.3, -0.25) is 14.8 Å². The third-order valence-electron chi connectivity index (χ3n) is 5.86. The van der Waals surface area contributed by atoms with E-state index < -0.39 is 6.43 Å². The topological polar surface area (TPSA) is 68.0 Å². The Morgan fingerprint density at radius 1 is 1.28 bits per heavy atom. The minimum Gasteiger partial charge on any atom is -0.309 e. The van der Waals surface area contributed by atoms with Crippen LogP contribution in [0.5, 0.6) is 0 Å². The number of para-hydroxylation sites is 2. The average Bonchev–Trinajstić information content (AvgIpc) is 3.46. The molecule has 1 aromatic carbocycles. The molecular formula is C22H27BrF2N6O. The van der Waals surface area contributed by atoms with Crippen molar-refractivity contribution in [3.8, 4) is 0 Å². The average molecular weight is 509 g/mol. The standard InChI is InChI=1S/C22H27BrF2N6O/c1-3-29(4-2)11-12-30-16-8-6-5-7-15(16)26-22(30)27-17(32)13-31-20(14-9-10-14)18(23)19(28-31)21(24)25/h5-8,14,21H,3-4,9-13H2,1-2H3,(H,26,27,32). The van der Waals surface area contributed by atoms with Crippen LogP contribution in [0.3, 0.4) is 0 Å². The van der Waals surface area contributed by atoms with Crippen molar-refractivity contribution in [1.82, 2.24) is 24.2 Å². The molecule has 0 radical (unpaired) electrons. The third kappa shape index (κ3) is 4.71. The molecule has 1 aliphatic rings. The summed E-state index contributed by atoms with van der Waals surface area (Å²) in [5.74, 6) is 0.273. The number of benzene rings is 1. The lowest BCUT2D eigenvalue weighted by Gasteiger charge is -2.19. The first-order chi connectivity index (χ1) is 15.4. The zero-order valence-corrected chi connectivity index (χ0v) is 19.8. The van der Waals surface area contributed by atoms with Crippen LogP contribution in [0.15, 0.2) is 28.7 Å². The van der Waals surface area contributed by atoms with Crippen LogP contribution in [0.4, 0.5) is 14.7 Å². The summed E-state index contributed by atoms with van der Waals surface area (Å²) in [5.41, 5.74) is 2.09. The van der Waals surface area contributed by atoms with Gasteiger partial charge in [-0.25, -0.2) is 13.8 Å².